The van der Waals surface area contributed by atoms with Gasteiger partial charge in [-0.25, -0.2) is 14.4 Å². The van der Waals surface area contributed by atoms with Crippen LogP contribution < -0.4 is 4.90 Å². The molecule has 0 bridgehead atoms. The van der Waals surface area contributed by atoms with Crippen molar-refractivity contribution in [2.24, 2.45) is 0 Å². The number of carbonyl (C=O) groups is 1. The number of rotatable bonds is 4. The van der Waals surface area contributed by atoms with Crippen LogP contribution in [-0.2, 0) is 4.79 Å². The number of benzene rings is 1. The standard InChI is InChI=1S/C25H29FN6O/c1-17-14-31(25-28-11-20(26)12-29-25)15-18(2)32(17)16-24(33)30-9-7-19(8-10-30)22-13-27-23-6-4-3-5-21(22)23/h3-7,11-13,17-18,27H,8-10,14-16H2,1-2H3. The van der Waals surface area contributed by atoms with Gasteiger partial charge in [-0.05, 0) is 31.9 Å². The van der Waals surface area contributed by atoms with Gasteiger partial charge in [0.1, 0.15) is 0 Å². The number of para-hydroxylation sites is 1. The van der Waals surface area contributed by atoms with Crippen LogP contribution in [0.15, 0.2) is 48.9 Å². The van der Waals surface area contributed by atoms with E-state index in [0.717, 1.165) is 18.5 Å². The number of aromatic nitrogens is 3. The van der Waals surface area contributed by atoms with Crippen LogP contribution in [0.4, 0.5) is 10.3 Å². The van der Waals surface area contributed by atoms with Crippen molar-refractivity contribution in [2.75, 3.05) is 37.6 Å². The molecule has 1 saturated heterocycles. The highest BCUT2D eigenvalue weighted by Gasteiger charge is 2.33. The zero-order chi connectivity index (χ0) is 22.9. The lowest BCUT2D eigenvalue weighted by atomic mass is 9.99. The van der Waals surface area contributed by atoms with Crippen molar-refractivity contribution in [3.05, 3.63) is 60.3 Å². The zero-order valence-corrected chi connectivity index (χ0v) is 19.0. The minimum Gasteiger partial charge on any atom is -0.361 e. The van der Waals surface area contributed by atoms with Crippen LogP contribution in [0.25, 0.3) is 16.5 Å². The second-order valence-corrected chi connectivity index (χ2v) is 9.04. The summed E-state index contributed by atoms with van der Waals surface area (Å²) in [5.74, 6) is 0.258. The lowest BCUT2D eigenvalue weighted by molar-refractivity contribution is -0.133. The van der Waals surface area contributed by atoms with E-state index in [4.69, 9.17) is 0 Å². The average Bonchev–Trinajstić information content (AvgIpc) is 3.26. The molecule has 2 aliphatic heterocycles. The van der Waals surface area contributed by atoms with Gasteiger partial charge in [-0.15, -0.1) is 0 Å². The van der Waals surface area contributed by atoms with Gasteiger partial charge in [-0.1, -0.05) is 24.3 Å². The quantitative estimate of drug-likeness (QED) is 0.663. The summed E-state index contributed by atoms with van der Waals surface area (Å²) in [4.78, 5) is 31.0. The number of nitrogens with one attached hydrogen (secondary N) is 1. The summed E-state index contributed by atoms with van der Waals surface area (Å²) in [6, 6.07) is 8.64. The summed E-state index contributed by atoms with van der Waals surface area (Å²) < 4.78 is 13.2. The average molecular weight is 449 g/mol. The van der Waals surface area contributed by atoms with Crippen LogP contribution in [0.5, 0.6) is 0 Å². The minimum absolute atomic E-state index is 0.161. The summed E-state index contributed by atoms with van der Waals surface area (Å²) in [5.41, 5.74) is 3.67. The van der Waals surface area contributed by atoms with Crippen molar-refractivity contribution in [3.63, 3.8) is 0 Å². The Morgan fingerprint density at radius 3 is 2.58 bits per heavy atom. The van der Waals surface area contributed by atoms with Gasteiger partial charge < -0.3 is 14.8 Å². The van der Waals surface area contributed by atoms with Gasteiger partial charge in [0.2, 0.25) is 11.9 Å². The van der Waals surface area contributed by atoms with Crippen molar-refractivity contribution in [1.82, 2.24) is 24.8 Å². The number of hydrogen-bond donors (Lipinski definition) is 1. The molecular weight excluding hydrogens is 419 g/mol. The Morgan fingerprint density at radius 1 is 1.15 bits per heavy atom. The number of halogens is 1. The fourth-order valence-corrected chi connectivity index (χ4v) is 5.03. The monoisotopic (exact) mass is 448 g/mol. The first kappa shape index (κ1) is 21.6. The molecule has 5 rings (SSSR count). The van der Waals surface area contributed by atoms with E-state index in [-0.39, 0.29) is 18.0 Å². The van der Waals surface area contributed by atoms with E-state index in [1.165, 1.54) is 28.9 Å². The molecule has 1 aromatic carbocycles. The maximum atomic E-state index is 13.2. The van der Waals surface area contributed by atoms with Crippen LogP contribution in [-0.4, -0.2) is 75.5 Å². The molecular formula is C25H29FN6O. The molecule has 1 amide bonds. The maximum Gasteiger partial charge on any atom is 0.237 e. The van der Waals surface area contributed by atoms with E-state index in [9.17, 15) is 9.18 Å². The van der Waals surface area contributed by atoms with Gasteiger partial charge in [-0.3, -0.25) is 9.69 Å². The number of carbonyl (C=O) groups excluding carboxylic acids is 1. The van der Waals surface area contributed by atoms with Crippen molar-refractivity contribution < 1.29 is 9.18 Å². The lowest BCUT2D eigenvalue weighted by Crippen LogP contribution is -2.59. The number of fused-ring (bicyclic) bond motifs is 1. The summed E-state index contributed by atoms with van der Waals surface area (Å²) in [6.45, 7) is 7.41. The summed E-state index contributed by atoms with van der Waals surface area (Å²) in [5, 5.41) is 1.23. The highest BCUT2D eigenvalue weighted by molar-refractivity contribution is 5.93. The number of amides is 1. The van der Waals surface area contributed by atoms with Gasteiger partial charge in [0.05, 0.1) is 18.9 Å². The second kappa shape index (κ2) is 8.94. The number of nitrogens with zero attached hydrogens (tertiary/aromatic N) is 5. The Morgan fingerprint density at radius 2 is 1.88 bits per heavy atom. The first-order valence-corrected chi connectivity index (χ1v) is 11.5. The Labute approximate surface area is 192 Å². The predicted octanol–water partition coefficient (Wildman–Crippen LogP) is 3.31. The van der Waals surface area contributed by atoms with Gasteiger partial charge in [0.25, 0.3) is 0 Å². The molecule has 4 heterocycles. The highest BCUT2D eigenvalue weighted by Crippen LogP contribution is 2.29. The van der Waals surface area contributed by atoms with E-state index in [1.54, 1.807) is 0 Å². The van der Waals surface area contributed by atoms with Crippen molar-refractivity contribution in [1.29, 1.82) is 0 Å². The molecule has 0 radical (unpaired) electrons. The number of H-pyrrole nitrogens is 1. The van der Waals surface area contributed by atoms with Crippen LogP contribution in [0.3, 0.4) is 0 Å². The van der Waals surface area contributed by atoms with E-state index < -0.39 is 5.82 Å². The molecule has 33 heavy (non-hydrogen) atoms. The van der Waals surface area contributed by atoms with Crippen molar-refractivity contribution in [3.8, 4) is 0 Å². The van der Waals surface area contributed by atoms with E-state index in [1.807, 2.05) is 11.0 Å². The third-order valence-corrected chi connectivity index (χ3v) is 6.81. The molecule has 7 nitrogen and oxygen atoms in total. The molecule has 172 valence electrons. The van der Waals surface area contributed by atoms with Crippen molar-refractivity contribution >= 4 is 28.3 Å². The SMILES string of the molecule is CC1CN(c2ncc(F)cn2)CC(C)N1CC(=O)N1CC=C(c2c[nH]c3ccccc23)CC1. The first-order valence-electron chi connectivity index (χ1n) is 11.5. The molecule has 8 heteroatoms. The number of piperazine rings is 1. The summed E-state index contributed by atoms with van der Waals surface area (Å²) in [7, 11) is 0. The van der Waals surface area contributed by atoms with Crippen LogP contribution in [0, 0.1) is 5.82 Å². The summed E-state index contributed by atoms with van der Waals surface area (Å²) >= 11 is 0. The van der Waals surface area contributed by atoms with Crippen LogP contribution in [0.1, 0.15) is 25.8 Å². The van der Waals surface area contributed by atoms with Gasteiger partial charge >= 0.3 is 0 Å². The van der Waals surface area contributed by atoms with E-state index in [0.29, 0.717) is 32.1 Å². The van der Waals surface area contributed by atoms with Crippen LogP contribution in [0.2, 0.25) is 0 Å². The third-order valence-electron chi connectivity index (χ3n) is 6.81. The summed E-state index contributed by atoms with van der Waals surface area (Å²) in [6.07, 6.45) is 7.51. The molecule has 3 aromatic rings. The molecule has 1 N–H and O–H groups in total. The molecule has 1 fully saturated rings. The zero-order valence-electron chi connectivity index (χ0n) is 19.0. The maximum absolute atomic E-state index is 13.2. The van der Waals surface area contributed by atoms with Gasteiger partial charge in [0.15, 0.2) is 5.82 Å². The Kier molecular flexibility index (Phi) is 5.85. The fourth-order valence-electron chi connectivity index (χ4n) is 5.03. The molecule has 0 aliphatic carbocycles. The highest BCUT2D eigenvalue weighted by atomic mass is 19.1. The van der Waals surface area contributed by atoms with E-state index in [2.05, 4.69) is 69.1 Å². The molecule has 0 spiro atoms. The molecule has 0 saturated carbocycles. The molecule has 2 aliphatic rings. The van der Waals surface area contributed by atoms with Gasteiger partial charge in [0, 0.05) is 60.9 Å². The predicted molar refractivity (Wildman–Crippen MR) is 127 cm³/mol. The first-order chi connectivity index (χ1) is 16.0. The topological polar surface area (TPSA) is 68.4 Å². The normalized spacial score (nSPS) is 22.0. The third kappa shape index (κ3) is 4.35. The Hall–Kier alpha value is -3.26. The van der Waals surface area contributed by atoms with Crippen molar-refractivity contribution in [2.45, 2.75) is 32.4 Å². The largest absolute Gasteiger partial charge is 0.361 e. The Balaban J connectivity index is 1.21. The molecule has 2 aromatic heterocycles. The lowest BCUT2D eigenvalue weighted by Gasteiger charge is -2.44. The fraction of sp³-hybridized carbons (Fsp3) is 0.400. The second-order valence-electron chi connectivity index (χ2n) is 9.04. The smallest absolute Gasteiger partial charge is 0.237 e. The molecule has 2 atom stereocenters. The number of hydrogen-bond acceptors (Lipinski definition) is 5. The Bertz CT molecular complexity index is 1160. The minimum atomic E-state index is -0.437. The molecule has 2 unspecified atom stereocenters. The number of aromatic amines is 1. The van der Waals surface area contributed by atoms with E-state index >= 15 is 0 Å². The number of anilines is 1. The van der Waals surface area contributed by atoms with Gasteiger partial charge in [-0.2, -0.15) is 0 Å². The van der Waals surface area contributed by atoms with Crippen LogP contribution >= 0.6 is 0 Å².